The summed E-state index contributed by atoms with van der Waals surface area (Å²) in [4.78, 5) is 40.4. The highest BCUT2D eigenvalue weighted by Crippen LogP contribution is 2.42. The summed E-state index contributed by atoms with van der Waals surface area (Å²) in [5.41, 5.74) is 1.88. The van der Waals surface area contributed by atoms with Gasteiger partial charge in [0.15, 0.2) is 11.5 Å². The molecule has 0 aromatic heterocycles. The number of nitrogens with one attached hydrogen (secondary N) is 2. The van der Waals surface area contributed by atoms with E-state index in [0.717, 1.165) is 34.6 Å². The SMILES string of the molecule is CCN1Sc2cc3c(cc2CC1C(=O)NC(Cc1ccccc1)C(=O)C(=O)NCC1CC1)OCCO3. The van der Waals surface area contributed by atoms with Gasteiger partial charge in [0, 0.05) is 24.4 Å². The molecule has 2 aromatic rings. The van der Waals surface area contributed by atoms with E-state index < -0.39 is 23.8 Å². The molecular weight excluding hydrogens is 478 g/mol. The lowest BCUT2D eigenvalue weighted by atomic mass is 9.99. The molecule has 1 aliphatic carbocycles. The Labute approximate surface area is 215 Å². The molecule has 0 saturated heterocycles. The fourth-order valence-corrected chi connectivity index (χ4v) is 5.60. The minimum Gasteiger partial charge on any atom is -0.486 e. The Bertz CT molecular complexity index is 1140. The molecule has 0 radical (unpaired) electrons. The summed E-state index contributed by atoms with van der Waals surface area (Å²) in [5, 5.41) is 5.66. The third-order valence-corrected chi connectivity index (χ3v) is 8.03. The summed E-state index contributed by atoms with van der Waals surface area (Å²) in [6.45, 7) is 4.15. The highest BCUT2D eigenvalue weighted by Gasteiger charge is 2.36. The number of likely N-dealkylation sites (N-methyl/N-ethyl adjacent to an activating group) is 1. The van der Waals surface area contributed by atoms with Crippen LogP contribution in [-0.4, -0.2) is 60.3 Å². The van der Waals surface area contributed by atoms with E-state index in [1.54, 1.807) is 0 Å². The van der Waals surface area contributed by atoms with Crippen molar-refractivity contribution in [3.05, 3.63) is 53.6 Å². The van der Waals surface area contributed by atoms with Gasteiger partial charge in [-0.1, -0.05) is 37.3 Å². The molecule has 2 atom stereocenters. The van der Waals surface area contributed by atoms with Gasteiger partial charge >= 0.3 is 0 Å². The van der Waals surface area contributed by atoms with Gasteiger partial charge in [0.25, 0.3) is 5.91 Å². The molecule has 2 aliphatic heterocycles. The van der Waals surface area contributed by atoms with Crippen LogP contribution in [0, 0.1) is 5.92 Å². The zero-order valence-corrected chi connectivity index (χ0v) is 21.1. The van der Waals surface area contributed by atoms with E-state index in [4.69, 9.17) is 9.47 Å². The Balaban J connectivity index is 1.33. The van der Waals surface area contributed by atoms with Crippen molar-refractivity contribution in [3.63, 3.8) is 0 Å². The first-order valence-corrected chi connectivity index (χ1v) is 13.3. The van der Waals surface area contributed by atoms with Crippen LogP contribution in [0.25, 0.3) is 0 Å². The van der Waals surface area contributed by atoms with E-state index in [1.807, 2.05) is 53.7 Å². The molecular formula is C27H31N3O5S. The lowest BCUT2D eigenvalue weighted by molar-refractivity contribution is -0.140. The van der Waals surface area contributed by atoms with E-state index in [0.29, 0.717) is 44.4 Å². The third kappa shape index (κ3) is 5.68. The van der Waals surface area contributed by atoms with Crippen molar-refractivity contribution in [1.29, 1.82) is 0 Å². The average molecular weight is 510 g/mol. The Morgan fingerprint density at radius 2 is 1.81 bits per heavy atom. The summed E-state index contributed by atoms with van der Waals surface area (Å²) < 4.78 is 13.5. The first kappa shape index (κ1) is 24.6. The zero-order chi connectivity index (χ0) is 25.1. The van der Waals surface area contributed by atoms with Gasteiger partial charge < -0.3 is 20.1 Å². The number of ether oxygens (including phenoxy) is 2. The van der Waals surface area contributed by atoms with Crippen LogP contribution in [0.15, 0.2) is 47.4 Å². The van der Waals surface area contributed by atoms with E-state index in [1.165, 1.54) is 11.9 Å². The number of benzene rings is 2. The van der Waals surface area contributed by atoms with Crippen LogP contribution in [0.5, 0.6) is 11.5 Å². The lowest BCUT2D eigenvalue weighted by Crippen LogP contribution is -2.54. The Morgan fingerprint density at radius 1 is 1.08 bits per heavy atom. The number of nitrogens with zero attached hydrogens (tertiary/aromatic N) is 1. The fourth-order valence-electron chi connectivity index (χ4n) is 4.50. The van der Waals surface area contributed by atoms with Crippen molar-refractivity contribution < 1.29 is 23.9 Å². The molecule has 0 spiro atoms. The van der Waals surface area contributed by atoms with Crippen LogP contribution in [0.1, 0.15) is 30.9 Å². The van der Waals surface area contributed by atoms with E-state index in [-0.39, 0.29) is 12.3 Å². The third-order valence-electron chi connectivity index (χ3n) is 6.70. The van der Waals surface area contributed by atoms with Crippen LogP contribution in [0.2, 0.25) is 0 Å². The largest absolute Gasteiger partial charge is 0.486 e. The molecule has 2 unspecified atom stereocenters. The van der Waals surface area contributed by atoms with Crippen LogP contribution >= 0.6 is 11.9 Å². The number of fused-ring (bicyclic) bond motifs is 2. The average Bonchev–Trinajstić information content (AvgIpc) is 3.74. The zero-order valence-electron chi connectivity index (χ0n) is 20.3. The standard InChI is InChI=1S/C27H31N3O5S/c1-2-30-21(13-19-14-22-23(15-24(19)36-30)35-11-10-34-22)26(32)29-20(12-17-6-4-3-5-7-17)25(31)27(33)28-16-18-8-9-18/h3-7,14-15,18,20-21H,2,8-13,16H2,1H3,(H,28,33)(H,29,32). The van der Waals surface area contributed by atoms with Gasteiger partial charge in [-0.15, -0.1) is 0 Å². The molecule has 8 nitrogen and oxygen atoms in total. The molecule has 1 saturated carbocycles. The quantitative estimate of drug-likeness (QED) is 0.396. The molecule has 2 aromatic carbocycles. The number of hydrogen-bond acceptors (Lipinski definition) is 7. The second kappa shape index (κ2) is 10.9. The number of Topliss-reactive ketones (excluding diaryl/α,β-unsaturated/α-hetero) is 1. The van der Waals surface area contributed by atoms with Crippen molar-refractivity contribution in [1.82, 2.24) is 14.9 Å². The summed E-state index contributed by atoms with van der Waals surface area (Å²) in [5.74, 6) is 0.351. The highest BCUT2D eigenvalue weighted by molar-refractivity contribution is 7.97. The molecule has 2 heterocycles. The number of rotatable bonds is 9. The van der Waals surface area contributed by atoms with Crippen molar-refractivity contribution >= 4 is 29.5 Å². The number of hydrogen-bond donors (Lipinski definition) is 2. The maximum Gasteiger partial charge on any atom is 0.289 e. The predicted octanol–water partition coefficient (Wildman–Crippen LogP) is 2.53. The van der Waals surface area contributed by atoms with Gasteiger partial charge in [-0.25, -0.2) is 4.31 Å². The summed E-state index contributed by atoms with van der Waals surface area (Å²) in [6, 6.07) is 11.9. The molecule has 1 fully saturated rings. The smallest absolute Gasteiger partial charge is 0.289 e. The first-order valence-electron chi connectivity index (χ1n) is 12.5. The molecule has 9 heteroatoms. The maximum atomic E-state index is 13.6. The minimum absolute atomic E-state index is 0.253. The number of carbonyl (C=O) groups is 3. The molecule has 2 N–H and O–H groups in total. The Kier molecular flexibility index (Phi) is 7.48. The van der Waals surface area contributed by atoms with Crippen LogP contribution in [0.3, 0.4) is 0 Å². The monoisotopic (exact) mass is 509 g/mol. The van der Waals surface area contributed by atoms with Gasteiger partial charge in [-0.05, 0) is 60.4 Å². The van der Waals surface area contributed by atoms with Crippen LogP contribution < -0.4 is 20.1 Å². The fraction of sp³-hybridized carbons (Fsp3) is 0.444. The predicted molar refractivity (Wildman–Crippen MR) is 136 cm³/mol. The van der Waals surface area contributed by atoms with Gasteiger partial charge in [0.1, 0.15) is 25.3 Å². The molecule has 0 bridgehead atoms. The summed E-state index contributed by atoms with van der Waals surface area (Å²) in [7, 11) is 0. The van der Waals surface area contributed by atoms with Gasteiger partial charge in [0.05, 0.1) is 0 Å². The normalized spacial score (nSPS) is 19.6. The second-order valence-electron chi connectivity index (χ2n) is 9.42. The van der Waals surface area contributed by atoms with Crippen molar-refractivity contribution in [2.24, 2.45) is 5.92 Å². The molecule has 190 valence electrons. The van der Waals surface area contributed by atoms with Crippen LogP contribution in [0.4, 0.5) is 0 Å². The number of carbonyl (C=O) groups excluding carboxylic acids is 3. The lowest BCUT2D eigenvalue weighted by Gasteiger charge is -2.35. The number of amides is 2. The first-order chi connectivity index (χ1) is 17.5. The Hall–Kier alpha value is -3.04. The van der Waals surface area contributed by atoms with E-state index >= 15 is 0 Å². The van der Waals surface area contributed by atoms with E-state index in [9.17, 15) is 14.4 Å². The second-order valence-corrected chi connectivity index (χ2v) is 10.5. The van der Waals surface area contributed by atoms with Gasteiger partial charge in [-0.3, -0.25) is 14.4 Å². The van der Waals surface area contributed by atoms with Crippen molar-refractivity contribution in [2.45, 2.75) is 49.6 Å². The molecule has 5 rings (SSSR count). The summed E-state index contributed by atoms with van der Waals surface area (Å²) >= 11 is 1.50. The maximum absolute atomic E-state index is 13.6. The highest BCUT2D eigenvalue weighted by atomic mass is 32.2. The van der Waals surface area contributed by atoms with Gasteiger partial charge in [-0.2, -0.15) is 0 Å². The number of ketones is 1. The minimum atomic E-state index is -0.940. The van der Waals surface area contributed by atoms with Crippen LogP contribution in [-0.2, 0) is 27.2 Å². The Morgan fingerprint density at radius 3 is 2.50 bits per heavy atom. The summed E-state index contributed by atoms with van der Waals surface area (Å²) in [6.07, 6.45) is 2.88. The van der Waals surface area contributed by atoms with E-state index in [2.05, 4.69) is 10.6 Å². The molecule has 2 amide bonds. The molecule has 36 heavy (non-hydrogen) atoms. The molecule has 3 aliphatic rings. The van der Waals surface area contributed by atoms with Crippen molar-refractivity contribution in [2.75, 3.05) is 26.3 Å². The topological polar surface area (TPSA) is 97.0 Å². The van der Waals surface area contributed by atoms with Gasteiger partial charge in [0.2, 0.25) is 11.7 Å². The van der Waals surface area contributed by atoms with Crippen molar-refractivity contribution in [3.8, 4) is 11.5 Å².